The lowest BCUT2D eigenvalue weighted by molar-refractivity contribution is -0.123. The summed E-state index contributed by atoms with van der Waals surface area (Å²) in [4.78, 5) is 24.1. The zero-order chi connectivity index (χ0) is 21.6. The number of rotatable bonds is 7. The fourth-order valence-electron chi connectivity index (χ4n) is 2.38. The minimum atomic E-state index is -3.60. The number of hydrazine groups is 1. The highest BCUT2D eigenvalue weighted by Gasteiger charge is 2.19. The number of sulfone groups is 1. The smallest absolute Gasteiger partial charge is 0.305 e. The Balaban J connectivity index is 1.50. The molecule has 156 valence electrons. The lowest BCUT2D eigenvalue weighted by Gasteiger charge is -2.08. The fourth-order valence-corrected chi connectivity index (χ4v) is 3.91. The molecule has 0 atom stereocenters. The van der Waals surface area contributed by atoms with Gasteiger partial charge in [-0.05, 0) is 48.5 Å². The van der Waals surface area contributed by atoms with E-state index in [0.717, 1.165) is 4.47 Å². The molecule has 0 saturated carbocycles. The Morgan fingerprint density at radius 2 is 1.63 bits per heavy atom. The third-order valence-electron chi connectivity index (χ3n) is 3.82. The first-order chi connectivity index (χ1) is 14.3. The molecule has 1 heterocycles. The SMILES string of the molecule is O=C(COc1ccc(Br)cc1)NNC(=O)c1ccc(CS(=O)(=O)c2ccccc2)o1. The van der Waals surface area contributed by atoms with Crippen molar-refractivity contribution in [1.82, 2.24) is 10.9 Å². The Kier molecular flexibility index (Phi) is 6.91. The van der Waals surface area contributed by atoms with E-state index in [1.54, 1.807) is 42.5 Å². The molecule has 0 saturated heterocycles. The molecule has 0 aliphatic rings. The second kappa shape index (κ2) is 9.59. The number of hydrogen-bond acceptors (Lipinski definition) is 6. The van der Waals surface area contributed by atoms with Crippen LogP contribution in [0.15, 0.2) is 80.5 Å². The van der Waals surface area contributed by atoms with Crippen LogP contribution in [0, 0.1) is 0 Å². The molecule has 30 heavy (non-hydrogen) atoms. The first kappa shape index (κ1) is 21.6. The van der Waals surface area contributed by atoms with Gasteiger partial charge in [0.1, 0.15) is 17.3 Å². The summed E-state index contributed by atoms with van der Waals surface area (Å²) in [5.41, 5.74) is 4.38. The number of benzene rings is 2. The normalized spacial score (nSPS) is 11.0. The van der Waals surface area contributed by atoms with E-state index in [-0.39, 0.29) is 23.0 Å². The van der Waals surface area contributed by atoms with Crippen LogP contribution < -0.4 is 15.6 Å². The summed E-state index contributed by atoms with van der Waals surface area (Å²) in [6, 6.07) is 17.6. The van der Waals surface area contributed by atoms with Crippen molar-refractivity contribution in [1.29, 1.82) is 0 Å². The molecule has 0 unspecified atom stereocenters. The Bertz CT molecular complexity index is 1130. The third-order valence-corrected chi connectivity index (χ3v) is 6.00. The van der Waals surface area contributed by atoms with Gasteiger partial charge in [0.15, 0.2) is 22.2 Å². The summed E-state index contributed by atoms with van der Waals surface area (Å²) >= 11 is 3.29. The molecule has 0 bridgehead atoms. The molecule has 1 aromatic heterocycles. The highest BCUT2D eigenvalue weighted by Crippen LogP contribution is 2.18. The Hall–Kier alpha value is -3.11. The number of carbonyl (C=O) groups is 2. The zero-order valence-corrected chi connectivity index (χ0v) is 17.9. The monoisotopic (exact) mass is 492 g/mol. The molecule has 2 aromatic carbocycles. The van der Waals surface area contributed by atoms with Crippen molar-refractivity contribution in [3.05, 3.63) is 82.7 Å². The summed E-state index contributed by atoms with van der Waals surface area (Å²) < 4.78 is 36.2. The lowest BCUT2D eigenvalue weighted by Crippen LogP contribution is -2.43. The lowest BCUT2D eigenvalue weighted by atomic mass is 10.3. The number of halogens is 1. The number of carbonyl (C=O) groups excluding carboxylic acids is 2. The Labute approximate surface area is 181 Å². The van der Waals surface area contributed by atoms with Crippen molar-refractivity contribution in [2.24, 2.45) is 0 Å². The third kappa shape index (κ3) is 5.94. The van der Waals surface area contributed by atoms with Crippen LogP contribution in [0.4, 0.5) is 0 Å². The van der Waals surface area contributed by atoms with E-state index in [1.807, 2.05) is 0 Å². The van der Waals surface area contributed by atoms with Gasteiger partial charge in [-0.1, -0.05) is 34.1 Å². The van der Waals surface area contributed by atoms with Crippen LogP contribution in [-0.4, -0.2) is 26.8 Å². The van der Waals surface area contributed by atoms with Crippen molar-refractivity contribution in [2.45, 2.75) is 10.6 Å². The Morgan fingerprint density at radius 1 is 0.933 bits per heavy atom. The van der Waals surface area contributed by atoms with Crippen LogP contribution in [0.3, 0.4) is 0 Å². The summed E-state index contributed by atoms with van der Waals surface area (Å²) in [5, 5.41) is 0. The minimum absolute atomic E-state index is 0.105. The maximum atomic E-state index is 12.4. The van der Waals surface area contributed by atoms with Gasteiger partial charge in [-0.25, -0.2) is 8.42 Å². The summed E-state index contributed by atoms with van der Waals surface area (Å²) in [6.07, 6.45) is 0. The number of ether oxygens (including phenoxy) is 1. The molecule has 0 aliphatic heterocycles. The van der Waals surface area contributed by atoms with Crippen molar-refractivity contribution in [2.75, 3.05) is 6.61 Å². The van der Waals surface area contributed by atoms with Crippen LogP contribution in [0.1, 0.15) is 16.3 Å². The maximum Gasteiger partial charge on any atom is 0.305 e. The van der Waals surface area contributed by atoms with E-state index in [2.05, 4.69) is 26.8 Å². The molecule has 3 aromatic rings. The van der Waals surface area contributed by atoms with Gasteiger partial charge in [0.05, 0.1) is 4.90 Å². The van der Waals surface area contributed by atoms with Gasteiger partial charge in [0.2, 0.25) is 0 Å². The minimum Gasteiger partial charge on any atom is -0.484 e. The molecule has 0 radical (unpaired) electrons. The molecule has 2 amide bonds. The number of hydrogen-bond donors (Lipinski definition) is 2. The second-order valence-corrected chi connectivity index (χ2v) is 8.99. The number of nitrogens with one attached hydrogen (secondary N) is 2. The molecule has 0 spiro atoms. The largest absolute Gasteiger partial charge is 0.484 e. The van der Waals surface area contributed by atoms with E-state index < -0.39 is 27.4 Å². The molecular weight excluding hydrogens is 476 g/mol. The quantitative estimate of drug-likeness (QED) is 0.490. The standard InChI is InChI=1S/C20H17BrN2O6S/c21-14-6-8-15(9-7-14)28-12-19(24)22-23-20(25)18-11-10-16(29-18)13-30(26,27)17-4-2-1-3-5-17/h1-11H,12-13H2,(H,22,24)(H,23,25). The fraction of sp³-hybridized carbons (Fsp3) is 0.100. The van der Waals surface area contributed by atoms with Gasteiger partial charge in [0.25, 0.3) is 5.91 Å². The van der Waals surface area contributed by atoms with Crippen molar-refractivity contribution in [3.8, 4) is 5.75 Å². The highest BCUT2D eigenvalue weighted by molar-refractivity contribution is 9.10. The van der Waals surface area contributed by atoms with Gasteiger partial charge in [-0.3, -0.25) is 20.4 Å². The number of furan rings is 1. The summed E-state index contributed by atoms with van der Waals surface area (Å²) in [6.45, 7) is -0.305. The Morgan fingerprint density at radius 3 is 2.33 bits per heavy atom. The van der Waals surface area contributed by atoms with Crippen LogP contribution in [0.2, 0.25) is 0 Å². The van der Waals surface area contributed by atoms with Crippen LogP contribution in [0.5, 0.6) is 5.75 Å². The predicted octanol–water partition coefficient (Wildman–Crippen LogP) is 2.86. The van der Waals surface area contributed by atoms with E-state index in [4.69, 9.17) is 9.15 Å². The first-order valence-electron chi connectivity index (χ1n) is 8.67. The van der Waals surface area contributed by atoms with Crippen LogP contribution in [-0.2, 0) is 20.4 Å². The van der Waals surface area contributed by atoms with Crippen LogP contribution >= 0.6 is 15.9 Å². The van der Waals surface area contributed by atoms with Crippen molar-refractivity contribution in [3.63, 3.8) is 0 Å². The van der Waals surface area contributed by atoms with Crippen molar-refractivity contribution >= 4 is 37.6 Å². The van der Waals surface area contributed by atoms with Crippen molar-refractivity contribution < 1.29 is 27.2 Å². The molecule has 2 N–H and O–H groups in total. The predicted molar refractivity (Wildman–Crippen MR) is 111 cm³/mol. The molecule has 3 rings (SSSR count). The van der Waals surface area contributed by atoms with Gasteiger partial charge >= 0.3 is 5.91 Å². The van der Waals surface area contributed by atoms with Crippen LogP contribution in [0.25, 0.3) is 0 Å². The maximum absolute atomic E-state index is 12.4. The van der Waals surface area contributed by atoms with Gasteiger partial charge < -0.3 is 9.15 Å². The molecular formula is C20H17BrN2O6S. The van der Waals surface area contributed by atoms with E-state index in [1.165, 1.54) is 24.3 Å². The van der Waals surface area contributed by atoms with E-state index in [0.29, 0.717) is 5.75 Å². The average Bonchev–Trinajstić information content (AvgIpc) is 3.20. The van der Waals surface area contributed by atoms with Gasteiger partial charge in [-0.2, -0.15) is 0 Å². The topological polar surface area (TPSA) is 115 Å². The molecule has 0 aliphatic carbocycles. The van der Waals surface area contributed by atoms with E-state index in [9.17, 15) is 18.0 Å². The number of amides is 2. The molecule has 0 fully saturated rings. The molecule has 8 nitrogen and oxygen atoms in total. The average molecular weight is 493 g/mol. The first-order valence-corrected chi connectivity index (χ1v) is 11.1. The highest BCUT2D eigenvalue weighted by atomic mass is 79.9. The summed E-state index contributed by atoms with van der Waals surface area (Å²) in [7, 11) is -3.60. The summed E-state index contributed by atoms with van der Waals surface area (Å²) in [5.74, 6) is -1.23. The van der Waals surface area contributed by atoms with Gasteiger partial charge in [-0.15, -0.1) is 0 Å². The second-order valence-electron chi connectivity index (χ2n) is 6.08. The van der Waals surface area contributed by atoms with Gasteiger partial charge in [0, 0.05) is 4.47 Å². The zero-order valence-electron chi connectivity index (χ0n) is 15.5. The molecule has 10 heteroatoms. The van der Waals surface area contributed by atoms with E-state index >= 15 is 0 Å².